The topological polar surface area (TPSA) is 76.5 Å². The summed E-state index contributed by atoms with van der Waals surface area (Å²) in [6, 6.07) is 9.52. The van der Waals surface area contributed by atoms with Crippen LogP contribution in [0, 0.1) is 0 Å². The fourth-order valence-corrected chi connectivity index (χ4v) is 3.08. The molecule has 2 aromatic rings. The first-order valence-corrected chi connectivity index (χ1v) is 8.94. The molecule has 7 heteroatoms. The van der Waals surface area contributed by atoms with Crippen molar-refractivity contribution in [2.24, 2.45) is 0 Å². The van der Waals surface area contributed by atoms with Crippen LogP contribution in [-0.4, -0.2) is 52.4 Å². The number of aromatic nitrogens is 2. The van der Waals surface area contributed by atoms with Gasteiger partial charge in [0.1, 0.15) is 0 Å². The first-order valence-electron chi connectivity index (χ1n) is 8.94. The van der Waals surface area contributed by atoms with Gasteiger partial charge < -0.3 is 15.0 Å². The Morgan fingerprint density at radius 3 is 2.77 bits per heavy atom. The van der Waals surface area contributed by atoms with Gasteiger partial charge in [-0.3, -0.25) is 9.48 Å². The van der Waals surface area contributed by atoms with Crippen LogP contribution in [0.5, 0.6) is 0 Å². The Kier molecular flexibility index (Phi) is 5.88. The van der Waals surface area contributed by atoms with E-state index in [2.05, 4.69) is 10.4 Å². The molecule has 0 bridgehead atoms. The summed E-state index contributed by atoms with van der Waals surface area (Å²) in [5.41, 5.74) is 1.67. The van der Waals surface area contributed by atoms with Crippen LogP contribution in [-0.2, 0) is 11.3 Å². The van der Waals surface area contributed by atoms with Gasteiger partial charge >= 0.3 is 6.09 Å². The lowest BCUT2D eigenvalue weighted by Crippen LogP contribution is -2.46. The summed E-state index contributed by atoms with van der Waals surface area (Å²) in [6.07, 6.45) is 4.82. The fraction of sp³-hybridized carbons (Fsp3) is 0.421. The highest BCUT2D eigenvalue weighted by Crippen LogP contribution is 2.13. The lowest BCUT2D eigenvalue weighted by atomic mass is 10.0. The number of benzene rings is 1. The van der Waals surface area contributed by atoms with Gasteiger partial charge in [-0.2, -0.15) is 5.10 Å². The van der Waals surface area contributed by atoms with Crippen LogP contribution >= 0.6 is 0 Å². The van der Waals surface area contributed by atoms with Crippen molar-refractivity contribution in [1.29, 1.82) is 0 Å². The highest BCUT2D eigenvalue weighted by Gasteiger charge is 2.24. The summed E-state index contributed by atoms with van der Waals surface area (Å²) in [5.74, 6) is -0.0816. The van der Waals surface area contributed by atoms with E-state index in [1.807, 2.05) is 41.2 Å². The van der Waals surface area contributed by atoms with E-state index in [1.165, 1.54) is 0 Å². The number of nitrogens with zero attached hydrogens (tertiary/aromatic N) is 3. The van der Waals surface area contributed by atoms with Crippen LogP contribution in [0.15, 0.2) is 42.7 Å². The van der Waals surface area contributed by atoms with Crippen LogP contribution in [0.1, 0.15) is 35.7 Å². The molecule has 1 aliphatic rings. The Labute approximate surface area is 152 Å². The number of hydrogen-bond acceptors (Lipinski definition) is 4. The van der Waals surface area contributed by atoms with E-state index >= 15 is 0 Å². The number of rotatable bonds is 5. The maximum Gasteiger partial charge on any atom is 0.409 e. The zero-order valence-corrected chi connectivity index (χ0v) is 14.9. The SMILES string of the molecule is CCOC(=O)N1CCC(NC(=O)c2cccc(Cn3cccn3)c2)CC1. The molecule has 0 unspecified atom stereocenters. The van der Waals surface area contributed by atoms with Gasteiger partial charge in [0.15, 0.2) is 0 Å². The Balaban J connectivity index is 1.53. The van der Waals surface area contributed by atoms with Crippen LogP contribution in [0.25, 0.3) is 0 Å². The van der Waals surface area contributed by atoms with Crippen molar-refractivity contribution in [2.45, 2.75) is 32.4 Å². The second-order valence-electron chi connectivity index (χ2n) is 6.34. The summed E-state index contributed by atoms with van der Waals surface area (Å²) in [7, 11) is 0. The molecule has 7 nitrogen and oxygen atoms in total. The monoisotopic (exact) mass is 356 g/mol. The summed E-state index contributed by atoms with van der Waals surface area (Å²) >= 11 is 0. The van der Waals surface area contributed by atoms with Crippen molar-refractivity contribution in [3.63, 3.8) is 0 Å². The van der Waals surface area contributed by atoms with Crippen LogP contribution in [0.2, 0.25) is 0 Å². The molecule has 0 atom stereocenters. The third-order valence-electron chi connectivity index (χ3n) is 4.45. The highest BCUT2D eigenvalue weighted by molar-refractivity contribution is 5.94. The predicted molar refractivity (Wildman–Crippen MR) is 96.9 cm³/mol. The average Bonchev–Trinajstić information content (AvgIpc) is 3.16. The first-order chi connectivity index (χ1) is 12.7. The molecule has 0 aliphatic carbocycles. The second-order valence-corrected chi connectivity index (χ2v) is 6.34. The molecule has 1 saturated heterocycles. The van der Waals surface area contributed by atoms with Gasteiger partial charge in [-0.05, 0) is 43.5 Å². The number of ether oxygens (including phenoxy) is 1. The van der Waals surface area contributed by atoms with Crippen LogP contribution in [0.4, 0.5) is 4.79 Å². The van der Waals surface area contributed by atoms with E-state index in [1.54, 1.807) is 18.0 Å². The van der Waals surface area contributed by atoms with Crippen molar-refractivity contribution < 1.29 is 14.3 Å². The minimum absolute atomic E-state index is 0.0722. The zero-order chi connectivity index (χ0) is 18.4. The van der Waals surface area contributed by atoms with Crippen molar-refractivity contribution in [1.82, 2.24) is 20.0 Å². The molecule has 1 aliphatic heterocycles. The van der Waals surface area contributed by atoms with Gasteiger partial charge in [-0.25, -0.2) is 4.79 Å². The molecule has 2 heterocycles. The summed E-state index contributed by atoms with van der Waals surface area (Å²) < 4.78 is 6.84. The van der Waals surface area contributed by atoms with E-state index in [4.69, 9.17) is 4.74 Å². The van der Waals surface area contributed by atoms with Gasteiger partial charge in [0.2, 0.25) is 0 Å². The number of piperidine rings is 1. The summed E-state index contributed by atoms with van der Waals surface area (Å²) in [5, 5.41) is 7.26. The molecule has 2 amide bonds. The summed E-state index contributed by atoms with van der Waals surface area (Å²) in [4.78, 5) is 26.0. The number of carbonyl (C=O) groups is 2. The highest BCUT2D eigenvalue weighted by atomic mass is 16.6. The second kappa shape index (κ2) is 8.51. The molecule has 26 heavy (non-hydrogen) atoms. The molecular weight excluding hydrogens is 332 g/mol. The molecule has 0 spiro atoms. The number of amides is 2. The Morgan fingerprint density at radius 1 is 1.27 bits per heavy atom. The predicted octanol–water partition coefficient (Wildman–Crippen LogP) is 2.28. The minimum Gasteiger partial charge on any atom is -0.450 e. The lowest BCUT2D eigenvalue weighted by molar-refractivity contribution is 0.0860. The molecule has 138 valence electrons. The molecular formula is C19H24N4O3. The number of hydrogen-bond donors (Lipinski definition) is 1. The summed E-state index contributed by atoms with van der Waals surface area (Å²) in [6.45, 7) is 4.01. The zero-order valence-electron chi connectivity index (χ0n) is 14.9. The lowest BCUT2D eigenvalue weighted by Gasteiger charge is -2.31. The van der Waals surface area contributed by atoms with Crippen molar-refractivity contribution >= 4 is 12.0 Å². The largest absolute Gasteiger partial charge is 0.450 e. The molecule has 3 rings (SSSR count). The van der Waals surface area contributed by atoms with Crippen LogP contribution < -0.4 is 5.32 Å². The Bertz CT molecular complexity index is 737. The third kappa shape index (κ3) is 4.62. The number of likely N-dealkylation sites (tertiary alicyclic amines) is 1. The van der Waals surface area contributed by atoms with Gasteiger partial charge in [0.05, 0.1) is 13.2 Å². The van der Waals surface area contributed by atoms with E-state index in [0.29, 0.717) is 31.8 Å². The van der Waals surface area contributed by atoms with Crippen molar-refractivity contribution in [2.75, 3.05) is 19.7 Å². The van der Waals surface area contributed by atoms with E-state index in [0.717, 1.165) is 18.4 Å². The molecule has 0 saturated carbocycles. The van der Waals surface area contributed by atoms with E-state index < -0.39 is 0 Å². The van der Waals surface area contributed by atoms with E-state index in [9.17, 15) is 9.59 Å². The van der Waals surface area contributed by atoms with Crippen molar-refractivity contribution in [3.8, 4) is 0 Å². The normalized spacial score (nSPS) is 14.9. The van der Waals surface area contributed by atoms with Crippen LogP contribution in [0.3, 0.4) is 0 Å². The minimum atomic E-state index is -0.274. The fourth-order valence-electron chi connectivity index (χ4n) is 3.08. The smallest absolute Gasteiger partial charge is 0.409 e. The maximum atomic E-state index is 12.5. The van der Waals surface area contributed by atoms with Gasteiger partial charge in [-0.1, -0.05) is 12.1 Å². The first kappa shape index (κ1) is 18.0. The molecule has 0 radical (unpaired) electrons. The number of carbonyl (C=O) groups excluding carboxylic acids is 2. The Morgan fingerprint density at radius 2 is 2.08 bits per heavy atom. The third-order valence-corrected chi connectivity index (χ3v) is 4.45. The van der Waals surface area contributed by atoms with Gasteiger partial charge in [0, 0.05) is 37.1 Å². The molecule has 1 N–H and O–H groups in total. The molecule has 1 fully saturated rings. The molecule has 1 aromatic heterocycles. The average molecular weight is 356 g/mol. The standard InChI is InChI=1S/C19H24N4O3/c1-2-26-19(25)22-11-7-17(8-12-22)21-18(24)16-6-3-5-15(13-16)14-23-10-4-9-20-23/h3-6,9-10,13,17H,2,7-8,11-12,14H2,1H3,(H,21,24). The van der Waals surface area contributed by atoms with Gasteiger partial charge in [0.25, 0.3) is 5.91 Å². The Hall–Kier alpha value is -2.83. The van der Waals surface area contributed by atoms with Crippen molar-refractivity contribution in [3.05, 3.63) is 53.9 Å². The quantitative estimate of drug-likeness (QED) is 0.892. The van der Waals surface area contributed by atoms with E-state index in [-0.39, 0.29) is 18.0 Å². The van der Waals surface area contributed by atoms with Gasteiger partial charge in [-0.15, -0.1) is 0 Å². The number of nitrogens with one attached hydrogen (secondary N) is 1. The molecule has 1 aromatic carbocycles. The maximum absolute atomic E-state index is 12.5.